The van der Waals surface area contributed by atoms with Crippen molar-refractivity contribution in [1.82, 2.24) is 44.3 Å². The summed E-state index contributed by atoms with van der Waals surface area (Å²) in [5.74, 6) is -0.123. The van der Waals surface area contributed by atoms with Gasteiger partial charge in [0.2, 0.25) is 0 Å². The Kier molecular flexibility index (Phi) is 20.8. The van der Waals surface area contributed by atoms with Crippen LogP contribution in [0.1, 0.15) is 178 Å². The van der Waals surface area contributed by atoms with Crippen LogP contribution in [-0.4, -0.2) is 139 Å². The zero-order valence-corrected chi connectivity index (χ0v) is 73.6. The van der Waals surface area contributed by atoms with Crippen LogP contribution in [0.2, 0.25) is 0 Å². The van der Waals surface area contributed by atoms with Crippen molar-refractivity contribution in [2.45, 2.75) is 208 Å². The van der Waals surface area contributed by atoms with Gasteiger partial charge >= 0.3 is 0 Å². The lowest BCUT2D eigenvalue weighted by atomic mass is 9.45. The van der Waals surface area contributed by atoms with Gasteiger partial charge in [-0.1, -0.05) is 117 Å². The molecule has 25 heteroatoms. The minimum atomic E-state index is -1.55. The van der Waals surface area contributed by atoms with Crippen LogP contribution in [-0.2, 0) is 33.6 Å². The number of aliphatic hydroxyl groups is 6. The van der Waals surface area contributed by atoms with Gasteiger partial charge in [-0.2, -0.15) is 20.6 Å². The van der Waals surface area contributed by atoms with E-state index in [1.165, 1.54) is 88.0 Å². The van der Waals surface area contributed by atoms with Gasteiger partial charge in [-0.3, -0.25) is 14.4 Å². The number of allylic oxidation sites excluding steroid dienone is 3. The van der Waals surface area contributed by atoms with Gasteiger partial charge in [0.25, 0.3) is 0 Å². The molecule has 22 rings (SSSR count). The molecule has 9 saturated carbocycles. The molecule has 21 atom stereocenters. The topological polar surface area (TPSA) is 289 Å². The predicted octanol–water partition coefficient (Wildman–Crippen LogP) is 17.4. The van der Waals surface area contributed by atoms with Crippen LogP contribution in [0.25, 0.3) is 56.4 Å². The van der Waals surface area contributed by atoms with Crippen molar-refractivity contribution in [3.8, 4) is 23.1 Å². The Balaban J connectivity index is 0.000000119. The second kappa shape index (κ2) is 30.8. The number of aromatic nitrogens is 9. The Bertz CT molecular complexity index is 6100. The second-order valence-corrected chi connectivity index (χ2v) is 42.9. The molecular formula is C100H105F3N10O9S3. The normalized spacial score (nSPS) is 35.3. The van der Waals surface area contributed by atoms with Crippen LogP contribution >= 0.6 is 34.9 Å². The first-order valence-corrected chi connectivity index (χ1v) is 47.2. The molecule has 648 valence electrons. The molecule has 12 aliphatic rings. The summed E-state index contributed by atoms with van der Waals surface area (Å²) in [6.07, 6.45) is 26.1. The van der Waals surface area contributed by atoms with Crippen LogP contribution < -0.4 is 0 Å². The Hall–Kier alpha value is -9.07. The highest BCUT2D eigenvalue weighted by atomic mass is 32.2. The quantitative estimate of drug-likeness (QED) is 0.0585. The first-order valence-electron chi connectivity index (χ1n) is 44.5. The molecule has 6 N–H and O–H groups in total. The average molecular weight is 1740 g/mol. The molecule has 0 aliphatic heterocycles. The van der Waals surface area contributed by atoms with Crippen molar-refractivity contribution < 1.29 is 58.2 Å². The first kappa shape index (κ1) is 84.1. The van der Waals surface area contributed by atoms with Crippen molar-refractivity contribution in [2.24, 2.45) is 85.8 Å². The molecule has 0 radical (unpaired) electrons. The van der Waals surface area contributed by atoms with E-state index in [4.69, 9.17) is 5.26 Å². The van der Waals surface area contributed by atoms with E-state index in [2.05, 4.69) is 76.2 Å². The molecule has 0 spiro atoms. The highest BCUT2D eigenvalue weighted by Gasteiger charge is 2.72. The van der Waals surface area contributed by atoms with Gasteiger partial charge in [0, 0.05) is 34.0 Å². The molecule has 12 aliphatic carbocycles. The molecule has 19 nitrogen and oxygen atoms in total. The molecule has 0 saturated heterocycles. The Morgan fingerprint density at radius 1 is 0.488 bits per heavy atom. The summed E-state index contributed by atoms with van der Waals surface area (Å²) >= 11 is 4.23. The minimum Gasteiger partial charge on any atom is -0.393 e. The van der Waals surface area contributed by atoms with Crippen molar-refractivity contribution in [3.63, 3.8) is 0 Å². The van der Waals surface area contributed by atoms with E-state index in [0.717, 1.165) is 158 Å². The third-order valence-corrected chi connectivity index (χ3v) is 37.1. The van der Waals surface area contributed by atoms with Gasteiger partial charge < -0.3 is 30.6 Å². The van der Waals surface area contributed by atoms with E-state index >= 15 is 0 Å². The number of fused-ring (bicyclic) bond motifs is 20. The lowest BCUT2D eigenvalue weighted by Crippen LogP contribution is -2.62. The molecule has 4 aromatic carbocycles. The summed E-state index contributed by atoms with van der Waals surface area (Å²) in [7, 11) is 0. The van der Waals surface area contributed by atoms with E-state index in [0.29, 0.717) is 38.5 Å². The van der Waals surface area contributed by atoms with E-state index in [9.17, 15) is 58.2 Å². The SMILES string of the molecule is CC12Cc3cnn(-c4ccc(F)cc4)c3C=C1CCC1C2[C@@H](O)CC2(C)C1CC[C@]2(O)C(=O)CC#N.CC12Cc3cnn(-c4ccc(F)cc4)c3C=C1CCC1C2[C@@H](O)CC2(C)C1CC[C@]2(O)C(=O)CSc1nc2cccnc2s1.CC12Cc3cnn(-c4ccc(F)cc4)c3C=C1CCC1C2[C@@H](O)CC2(C)C1CC[C@]2(O)C(=O)CSc1nccc2ccccc12. The number of aliphatic hydroxyl groups excluding tert-OH is 3. The van der Waals surface area contributed by atoms with Crippen molar-refractivity contribution in [3.05, 3.63) is 214 Å². The fourth-order valence-corrected chi connectivity index (χ4v) is 31.0. The number of pyridine rings is 2. The van der Waals surface area contributed by atoms with E-state index in [1.54, 1.807) is 48.8 Å². The molecule has 15 unspecified atom stereocenters. The molecule has 6 heterocycles. The van der Waals surface area contributed by atoms with E-state index in [-0.39, 0.29) is 116 Å². The maximum absolute atomic E-state index is 14.0. The van der Waals surface area contributed by atoms with Gasteiger partial charge in [-0.05, 0) is 316 Å². The fourth-order valence-electron chi connectivity index (χ4n) is 28.0. The predicted molar refractivity (Wildman–Crippen MR) is 474 cm³/mol. The molecule has 0 amide bonds. The lowest BCUT2D eigenvalue weighted by Gasteiger charge is -2.60. The summed E-state index contributed by atoms with van der Waals surface area (Å²) < 4.78 is 47.1. The summed E-state index contributed by atoms with van der Waals surface area (Å²) in [6, 6.07) is 34.8. The number of carbonyl (C=O) groups excluding carboxylic acids is 3. The van der Waals surface area contributed by atoms with Crippen molar-refractivity contribution in [1.29, 1.82) is 5.26 Å². The van der Waals surface area contributed by atoms with Crippen LogP contribution in [0.5, 0.6) is 0 Å². The highest BCUT2D eigenvalue weighted by Crippen LogP contribution is 2.72. The van der Waals surface area contributed by atoms with Crippen LogP contribution in [0.15, 0.2) is 172 Å². The van der Waals surface area contributed by atoms with Crippen molar-refractivity contribution in [2.75, 3.05) is 11.5 Å². The molecular weight excluding hydrogens is 1640 g/mol. The number of thioether (sulfide) groups is 2. The van der Waals surface area contributed by atoms with Gasteiger partial charge in [-0.15, -0.1) is 0 Å². The third-order valence-electron chi connectivity index (χ3n) is 34.0. The number of benzene rings is 4. The number of nitrogens with zero attached hydrogens (tertiary/aromatic N) is 10. The number of carbonyl (C=O) groups is 3. The van der Waals surface area contributed by atoms with Crippen LogP contribution in [0.3, 0.4) is 0 Å². The largest absolute Gasteiger partial charge is 0.393 e. The number of thiazole rings is 1. The summed E-state index contributed by atoms with van der Waals surface area (Å²) in [6.45, 7) is 12.9. The number of hydrogen-bond acceptors (Lipinski definition) is 19. The van der Waals surface area contributed by atoms with Gasteiger partial charge in [-0.25, -0.2) is 42.2 Å². The number of Topliss-reactive ketones (excluding diaryl/α,β-unsaturated/α-hetero) is 3. The maximum Gasteiger partial charge on any atom is 0.178 e. The summed E-state index contributed by atoms with van der Waals surface area (Å²) in [5.41, 5.74) is 6.32. The molecule has 6 aromatic heterocycles. The molecule has 9 fully saturated rings. The third kappa shape index (κ3) is 13.1. The maximum atomic E-state index is 14.0. The average Bonchev–Trinajstić information content (AvgIpc) is 1.60. The number of halogens is 3. The van der Waals surface area contributed by atoms with E-state index in [1.807, 2.05) is 95.0 Å². The number of ketones is 3. The van der Waals surface area contributed by atoms with Gasteiger partial charge in [0.15, 0.2) is 21.7 Å². The summed E-state index contributed by atoms with van der Waals surface area (Å²) in [4.78, 5) is 55.0. The van der Waals surface area contributed by atoms with Gasteiger partial charge in [0.05, 0.1) is 95.0 Å². The minimum absolute atomic E-state index is 0.0197. The zero-order valence-electron chi connectivity index (χ0n) is 71.1. The monoisotopic (exact) mass is 1740 g/mol. The number of rotatable bonds is 13. The van der Waals surface area contributed by atoms with Crippen LogP contribution in [0.4, 0.5) is 13.2 Å². The highest BCUT2D eigenvalue weighted by molar-refractivity contribution is 8.01. The van der Waals surface area contributed by atoms with Crippen LogP contribution in [0, 0.1) is 115 Å². The first-order chi connectivity index (χ1) is 59.8. The smallest absolute Gasteiger partial charge is 0.178 e. The fraction of sp³-hybridized carbons (Fsp3) is 0.480. The second-order valence-electron chi connectivity index (χ2n) is 39.7. The summed E-state index contributed by atoms with van der Waals surface area (Å²) in [5, 5.41) is 97.5. The number of hydrogen-bond donors (Lipinski definition) is 6. The molecule has 10 aromatic rings. The Morgan fingerprint density at radius 2 is 0.880 bits per heavy atom. The van der Waals surface area contributed by atoms with Crippen molar-refractivity contribution >= 4 is 91.6 Å². The Morgan fingerprint density at radius 3 is 1.28 bits per heavy atom. The lowest BCUT2D eigenvalue weighted by molar-refractivity contribution is -0.178. The van der Waals surface area contributed by atoms with E-state index < -0.39 is 57.1 Å². The molecule has 125 heavy (non-hydrogen) atoms. The standard InChI is InChI=1S/C37H38FN3O3S.C34H35FN4O3S2.C29H32FN3O3/c1-35-18-23-20-40-41(26-10-8-25(38)9-11-26)30(23)17-24(35)7-12-28-29-13-15-37(44,36(29,2)19-31(42)33(28)35)32(43)21-45-34-27-6-4-3-5-22(27)14-16-39-34;1-32-15-19-17-37-39(22-8-6-21(35)7-9-22)26(19)14-20(32)5-10-23-24-11-12-34(42,33(24,2)16-27(40)29(23)32)28(41)18-43-31-38-25-4-3-13-36-30(25)44-31;1-27-14-17-16-32-33(20-6-4-19(30)5-7-20)23(17)13-18(27)3-8-21-22-9-11-29(36,25(35)10-12-31)28(22,2)15-24(34)26(21)27/h3-6,8-11,14,16-17,20,28-29,31,33,42,44H,7,12-13,15,18-19,21H2,1-2H3;3-4,6-9,13-14,17,23-24,27,29,40,42H,5,10-12,15-16,18H2,1-2H3;4-7,13,16,21-22,24,26,34,36H,3,8-11,14-15H2,1-2H3/t28?,29?,31-,33?,35?,36?,37-;23?,24?,27-,29?,32?,33?,34-;21?,22?,24-,26?,27?,28?,29-/m000/s1. The Labute approximate surface area is 737 Å². The zero-order chi connectivity index (χ0) is 87.0. The molecule has 0 bridgehead atoms. The van der Waals surface area contributed by atoms with Gasteiger partial charge in [0.1, 0.15) is 49.6 Å². The number of nitriles is 1.